The first-order chi connectivity index (χ1) is 7.29. The zero-order valence-electron chi connectivity index (χ0n) is 7.94. The van der Waals surface area contributed by atoms with Crippen LogP contribution < -0.4 is 11.3 Å². The predicted octanol–water partition coefficient (Wildman–Crippen LogP) is 2.27. The second-order valence-electron chi connectivity index (χ2n) is 3.20. The molecule has 1 unspecified atom stereocenters. The van der Waals surface area contributed by atoms with Gasteiger partial charge in [0.15, 0.2) is 5.22 Å². The molecule has 15 heavy (non-hydrogen) atoms. The number of rotatable bonds is 4. The van der Waals surface area contributed by atoms with Crippen LogP contribution in [-0.2, 0) is 6.42 Å². The third-order valence-electron chi connectivity index (χ3n) is 2.16. The van der Waals surface area contributed by atoms with Gasteiger partial charge in [-0.05, 0) is 41.8 Å². The molecule has 4 nitrogen and oxygen atoms in total. The largest absolute Gasteiger partial charge is 0.472 e. The molecule has 0 amide bonds. The standard InChI is InChI=1S/C10H11ClN2O2/c11-10-2-1-9(15-10)8(13-12)5-7-3-4-14-6-7/h1-4,6,8,13H,5,12H2. The second-order valence-corrected chi connectivity index (χ2v) is 3.57. The zero-order valence-corrected chi connectivity index (χ0v) is 8.70. The lowest BCUT2D eigenvalue weighted by Gasteiger charge is -2.11. The molecule has 0 fully saturated rings. The number of furan rings is 2. The summed E-state index contributed by atoms with van der Waals surface area (Å²) in [6.45, 7) is 0. The first-order valence-corrected chi connectivity index (χ1v) is 4.90. The molecule has 2 aromatic heterocycles. The predicted molar refractivity (Wildman–Crippen MR) is 56.2 cm³/mol. The molecule has 2 heterocycles. The lowest BCUT2D eigenvalue weighted by atomic mass is 10.1. The van der Waals surface area contributed by atoms with Crippen molar-refractivity contribution in [3.05, 3.63) is 47.3 Å². The molecular weight excluding hydrogens is 216 g/mol. The summed E-state index contributed by atoms with van der Waals surface area (Å²) in [6.07, 6.45) is 3.99. The molecule has 0 aliphatic carbocycles. The maximum Gasteiger partial charge on any atom is 0.193 e. The summed E-state index contributed by atoms with van der Waals surface area (Å²) in [5.41, 5.74) is 3.72. The van der Waals surface area contributed by atoms with Crippen LogP contribution in [0.15, 0.2) is 39.6 Å². The molecule has 0 saturated heterocycles. The average molecular weight is 227 g/mol. The van der Waals surface area contributed by atoms with Gasteiger partial charge in [-0.15, -0.1) is 0 Å². The molecule has 3 N–H and O–H groups in total. The minimum atomic E-state index is -0.102. The van der Waals surface area contributed by atoms with E-state index in [-0.39, 0.29) is 6.04 Å². The number of hydrazine groups is 1. The summed E-state index contributed by atoms with van der Waals surface area (Å²) in [7, 11) is 0. The number of halogens is 1. The monoisotopic (exact) mass is 226 g/mol. The molecule has 5 heteroatoms. The zero-order chi connectivity index (χ0) is 10.7. The summed E-state index contributed by atoms with van der Waals surface area (Å²) in [5.74, 6) is 6.16. The van der Waals surface area contributed by atoms with Gasteiger partial charge >= 0.3 is 0 Å². The maximum atomic E-state index is 5.69. The molecule has 0 bridgehead atoms. The number of hydrogen-bond donors (Lipinski definition) is 2. The minimum absolute atomic E-state index is 0.102. The Morgan fingerprint density at radius 3 is 2.80 bits per heavy atom. The second kappa shape index (κ2) is 4.53. The topological polar surface area (TPSA) is 64.3 Å². The van der Waals surface area contributed by atoms with Crippen molar-refractivity contribution in [1.29, 1.82) is 0 Å². The van der Waals surface area contributed by atoms with Crippen LogP contribution in [0.25, 0.3) is 0 Å². The van der Waals surface area contributed by atoms with Gasteiger partial charge in [0.2, 0.25) is 0 Å². The van der Waals surface area contributed by atoms with Crippen molar-refractivity contribution >= 4 is 11.6 Å². The van der Waals surface area contributed by atoms with E-state index >= 15 is 0 Å². The number of nitrogens with two attached hydrogens (primary N) is 1. The van der Waals surface area contributed by atoms with Crippen molar-refractivity contribution in [3.63, 3.8) is 0 Å². The van der Waals surface area contributed by atoms with Crippen molar-refractivity contribution in [2.75, 3.05) is 0 Å². The summed E-state index contributed by atoms with van der Waals surface area (Å²) >= 11 is 5.69. The first kappa shape index (κ1) is 10.3. The van der Waals surface area contributed by atoms with Crippen LogP contribution in [0.1, 0.15) is 17.4 Å². The molecule has 0 spiro atoms. The Balaban J connectivity index is 2.11. The minimum Gasteiger partial charge on any atom is -0.472 e. The van der Waals surface area contributed by atoms with Crippen LogP contribution in [0.3, 0.4) is 0 Å². The van der Waals surface area contributed by atoms with E-state index < -0.39 is 0 Å². The SMILES string of the molecule is NNC(Cc1ccoc1)c1ccc(Cl)o1. The number of nitrogens with one attached hydrogen (secondary N) is 1. The maximum absolute atomic E-state index is 5.69. The van der Waals surface area contributed by atoms with Crippen LogP contribution in [0.5, 0.6) is 0 Å². The van der Waals surface area contributed by atoms with E-state index in [0.29, 0.717) is 17.4 Å². The van der Waals surface area contributed by atoms with Gasteiger partial charge in [0.05, 0.1) is 18.6 Å². The lowest BCUT2D eigenvalue weighted by molar-refractivity contribution is 0.416. The molecule has 0 radical (unpaired) electrons. The molecular formula is C10H11ClN2O2. The van der Waals surface area contributed by atoms with Crippen molar-refractivity contribution < 1.29 is 8.83 Å². The van der Waals surface area contributed by atoms with Gasteiger partial charge in [-0.1, -0.05) is 0 Å². The van der Waals surface area contributed by atoms with Gasteiger partial charge < -0.3 is 8.83 Å². The van der Waals surface area contributed by atoms with Crippen molar-refractivity contribution in [2.24, 2.45) is 5.84 Å². The van der Waals surface area contributed by atoms with Crippen LogP contribution in [0.2, 0.25) is 5.22 Å². The third-order valence-corrected chi connectivity index (χ3v) is 2.36. The van der Waals surface area contributed by atoms with E-state index in [1.54, 1.807) is 24.7 Å². The van der Waals surface area contributed by atoms with Crippen LogP contribution in [-0.4, -0.2) is 0 Å². The van der Waals surface area contributed by atoms with Crippen molar-refractivity contribution in [3.8, 4) is 0 Å². The Morgan fingerprint density at radius 2 is 2.27 bits per heavy atom. The van der Waals surface area contributed by atoms with Gasteiger partial charge in [-0.2, -0.15) is 0 Å². The molecule has 2 aromatic rings. The smallest absolute Gasteiger partial charge is 0.193 e. The Hall–Kier alpha value is -1.23. The highest BCUT2D eigenvalue weighted by molar-refractivity contribution is 6.28. The van der Waals surface area contributed by atoms with Crippen molar-refractivity contribution in [2.45, 2.75) is 12.5 Å². The highest BCUT2D eigenvalue weighted by atomic mass is 35.5. The van der Waals surface area contributed by atoms with Gasteiger partial charge in [-0.25, -0.2) is 5.43 Å². The van der Waals surface area contributed by atoms with E-state index in [1.165, 1.54) is 0 Å². The normalized spacial score (nSPS) is 12.9. The third kappa shape index (κ3) is 2.41. The quantitative estimate of drug-likeness (QED) is 0.620. The molecule has 0 aliphatic rings. The average Bonchev–Trinajstić information content (AvgIpc) is 2.85. The fourth-order valence-corrected chi connectivity index (χ4v) is 1.55. The Kier molecular flexibility index (Phi) is 3.11. The molecule has 1 atom stereocenters. The van der Waals surface area contributed by atoms with E-state index in [4.69, 9.17) is 26.3 Å². The highest BCUT2D eigenvalue weighted by Gasteiger charge is 2.14. The fourth-order valence-electron chi connectivity index (χ4n) is 1.40. The summed E-state index contributed by atoms with van der Waals surface area (Å²) < 4.78 is 10.3. The van der Waals surface area contributed by atoms with Gasteiger partial charge in [0.1, 0.15) is 5.76 Å². The summed E-state index contributed by atoms with van der Waals surface area (Å²) in [6, 6.07) is 5.27. The highest BCUT2D eigenvalue weighted by Crippen LogP contribution is 2.22. The van der Waals surface area contributed by atoms with E-state index in [1.807, 2.05) is 6.07 Å². The first-order valence-electron chi connectivity index (χ1n) is 4.52. The Morgan fingerprint density at radius 1 is 1.40 bits per heavy atom. The van der Waals surface area contributed by atoms with Crippen molar-refractivity contribution in [1.82, 2.24) is 5.43 Å². The van der Waals surface area contributed by atoms with Gasteiger partial charge in [0.25, 0.3) is 0 Å². The lowest BCUT2D eigenvalue weighted by Crippen LogP contribution is -2.29. The number of hydrogen-bond acceptors (Lipinski definition) is 4. The van der Waals surface area contributed by atoms with Crippen LogP contribution >= 0.6 is 11.6 Å². The van der Waals surface area contributed by atoms with Crippen LogP contribution in [0, 0.1) is 0 Å². The van der Waals surface area contributed by atoms with E-state index in [9.17, 15) is 0 Å². The molecule has 80 valence electrons. The summed E-state index contributed by atoms with van der Waals surface area (Å²) in [5, 5.41) is 0.359. The van der Waals surface area contributed by atoms with Crippen LogP contribution in [0.4, 0.5) is 0 Å². The fraction of sp³-hybridized carbons (Fsp3) is 0.200. The molecule has 0 aliphatic heterocycles. The molecule has 0 saturated carbocycles. The molecule has 0 aromatic carbocycles. The van der Waals surface area contributed by atoms with Gasteiger partial charge in [0, 0.05) is 0 Å². The van der Waals surface area contributed by atoms with E-state index in [2.05, 4.69) is 5.43 Å². The Bertz CT molecular complexity index is 411. The Labute approximate surface area is 92.0 Å². The van der Waals surface area contributed by atoms with Gasteiger partial charge in [-0.3, -0.25) is 5.84 Å². The summed E-state index contributed by atoms with van der Waals surface area (Å²) in [4.78, 5) is 0. The molecule has 2 rings (SSSR count). The van der Waals surface area contributed by atoms with E-state index in [0.717, 1.165) is 5.56 Å².